The van der Waals surface area contributed by atoms with Crippen molar-refractivity contribution in [2.45, 2.75) is 106 Å². The Morgan fingerprint density at radius 2 is 0.833 bits per heavy atom. The lowest BCUT2D eigenvalue weighted by atomic mass is 9.92. The molecule has 0 saturated heterocycles. The molecule has 0 amide bonds. The molecule has 0 radical (unpaired) electrons. The zero-order chi connectivity index (χ0) is 14.2. The van der Waals surface area contributed by atoms with Gasteiger partial charge in [-0.1, -0.05) is 99.3 Å². The number of rotatable bonds is 2. The summed E-state index contributed by atoms with van der Waals surface area (Å²) in [6.45, 7) is 12.2. The minimum atomic E-state index is 1.14. The molecule has 2 saturated carbocycles. The summed E-state index contributed by atoms with van der Waals surface area (Å²) in [4.78, 5) is 0. The molecule has 0 bridgehead atoms. The van der Waals surface area contributed by atoms with Crippen molar-refractivity contribution in [3.05, 3.63) is 0 Å². The molecule has 2 rings (SSSR count). The molecule has 0 heterocycles. The van der Waals surface area contributed by atoms with Crippen molar-refractivity contribution in [2.24, 2.45) is 11.8 Å². The van der Waals surface area contributed by atoms with E-state index in [9.17, 15) is 0 Å². The van der Waals surface area contributed by atoms with Crippen molar-refractivity contribution in [1.82, 2.24) is 0 Å². The van der Waals surface area contributed by atoms with Crippen molar-refractivity contribution in [1.29, 1.82) is 0 Å². The third kappa shape index (κ3) is 11.1. The van der Waals surface area contributed by atoms with Gasteiger partial charge >= 0.3 is 0 Å². The van der Waals surface area contributed by atoms with E-state index >= 15 is 0 Å². The van der Waals surface area contributed by atoms with E-state index < -0.39 is 0 Å². The highest BCUT2D eigenvalue weighted by Gasteiger charge is 2.22. The van der Waals surface area contributed by atoms with E-state index in [1.165, 1.54) is 32.1 Å². The quantitative estimate of drug-likeness (QED) is 0.489. The first-order valence-corrected chi connectivity index (χ1v) is 8.86. The molecule has 0 heteroatoms. The highest BCUT2D eigenvalue weighted by Crippen LogP contribution is 2.36. The molecule has 0 nitrogen and oxygen atoms in total. The highest BCUT2D eigenvalue weighted by molar-refractivity contribution is 4.74. The van der Waals surface area contributed by atoms with Gasteiger partial charge in [0.25, 0.3) is 0 Å². The smallest absolute Gasteiger partial charge is 0.0412 e. The lowest BCUT2D eigenvalue weighted by molar-refractivity contribution is 0.382. The lowest BCUT2D eigenvalue weighted by Gasteiger charge is -2.13. The molecule has 0 aromatic rings. The van der Waals surface area contributed by atoms with Gasteiger partial charge in [-0.3, -0.25) is 0 Å². The molecule has 0 unspecified atom stereocenters. The van der Waals surface area contributed by atoms with Crippen molar-refractivity contribution in [2.75, 3.05) is 0 Å². The fraction of sp³-hybridized carbons (Fsp3) is 1.00. The summed E-state index contributed by atoms with van der Waals surface area (Å²) in [5.41, 5.74) is 0. The largest absolute Gasteiger partial charge is 0.0683 e. The fourth-order valence-electron chi connectivity index (χ4n) is 2.96. The molecule has 112 valence electrons. The molecule has 0 aromatic carbocycles. The molecular weight excluding hydrogens is 216 g/mol. The Kier molecular flexibility index (Phi) is 19.2. The average Bonchev–Trinajstić information content (AvgIpc) is 3.09. The van der Waals surface area contributed by atoms with Gasteiger partial charge in [0.2, 0.25) is 0 Å². The second-order valence-corrected chi connectivity index (χ2v) is 5.24. The van der Waals surface area contributed by atoms with Crippen LogP contribution in [-0.4, -0.2) is 0 Å². The Morgan fingerprint density at radius 1 is 0.611 bits per heavy atom. The molecule has 0 aliphatic heterocycles. The van der Waals surface area contributed by atoms with Crippen molar-refractivity contribution in [3.8, 4) is 0 Å². The summed E-state index contributed by atoms with van der Waals surface area (Å²) in [6.07, 6.45) is 15.1. The van der Waals surface area contributed by atoms with Crippen LogP contribution in [0.5, 0.6) is 0 Å². The Balaban J connectivity index is 0. The van der Waals surface area contributed by atoms with Gasteiger partial charge in [-0.15, -0.1) is 0 Å². The maximum atomic E-state index is 2.12. The molecule has 2 aliphatic rings. The maximum absolute atomic E-state index is 2.12. The van der Waals surface area contributed by atoms with E-state index in [2.05, 4.69) is 13.8 Å². The zero-order valence-electron chi connectivity index (χ0n) is 14.2. The molecule has 0 atom stereocenters. The summed E-state index contributed by atoms with van der Waals surface area (Å²) in [7, 11) is 0. The van der Waals surface area contributed by atoms with Crippen LogP contribution in [0.2, 0.25) is 0 Å². The van der Waals surface area contributed by atoms with Crippen LogP contribution in [0.1, 0.15) is 106 Å². The summed E-state index contributed by atoms with van der Waals surface area (Å²) in [5, 5.41) is 0. The molecule has 0 N–H and O–H groups in total. The average molecular weight is 257 g/mol. The van der Waals surface area contributed by atoms with Crippen LogP contribution in [0.15, 0.2) is 0 Å². The van der Waals surface area contributed by atoms with E-state index in [0.717, 1.165) is 11.8 Å². The van der Waals surface area contributed by atoms with Gasteiger partial charge < -0.3 is 0 Å². The molecule has 2 fully saturated rings. The van der Waals surface area contributed by atoms with Crippen molar-refractivity contribution in [3.63, 3.8) is 0 Å². The first-order valence-electron chi connectivity index (χ1n) is 8.86. The van der Waals surface area contributed by atoms with Crippen LogP contribution in [0.25, 0.3) is 0 Å². The molecular formula is C18H40. The zero-order valence-corrected chi connectivity index (χ0v) is 14.2. The maximum Gasteiger partial charge on any atom is -0.0412 e. The van der Waals surface area contributed by atoms with Crippen LogP contribution in [0.4, 0.5) is 0 Å². The van der Waals surface area contributed by atoms with Crippen molar-refractivity contribution < 1.29 is 0 Å². The fourth-order valence-corrected chi connectivity index (χ4v) is 2.96. The topological polar surface area (TPSA) is 0 Å². The van der Waals surface area contributed by atoms with E-state index in [1.807, 2.05) is 27.7 Å². The number of hydrogen-bond donors (Lipinski definition) is 0. The van der Waals surface area contributed by atoms with Crippen LogP contribution >= 0.6 is 0 Å². The van der Waals surface area contributed by atoms with Crippen LogP contribution < -0.4 is 0 Å². The van der Waals surface area contributed by atoms with Crippen molar-refractivity contribution >= 4 is 0 Å². The Bertz CT molecular complexity index is 102. The van der Waals surface area contributed by atoms with E-state index in [1.54, 1.807) is 32.1 Å². The predicted molar refractivity (Wildman–Crippen MR) is 87.2 cm³/mol. The van der Waals surface area contributed by atoms with Crippen LogP contribution in [-0.2, 0) is 0 Å². The van der Waals surface area contributed by atoms with Crippen LogP contribution in [0, 0.1) is 11.8 Å². The van der Waals surface area contributed by atoms with Gasteiger partial charge in [0.05, 0.1) is 0 Å². The first kappa shape index (κ1) is 20.3. The summed E-state index contributed by atoms with van der Waals surface area (Å²) in [6, 6.07) is 0. The summed E-state index contributed by atoms with van der Waals surface area (Å²) in [5.74, 6) is 2.27. The van der Waals surface area contributed by atoms with E-state index in [-0.39, 0.29) is 0 Å². The molecule has 0 aromatic heterocycles. The lowest BCUT2D eigenvalue weighted by Crippen LogP contribution is -2.01. The SMILES string of the molecule is C1CCC(CC2CCCC2)C1.CC.CC.CCC. The Hall–Kier alpha value is 0. The van der Waals surface area contributed by atoms with Gasteiger partial charge in [0.15, 0.2) is 0 Å². The standard InChI is InChI=1S/C11H20.C3H8.2C2H6/c1-2-6-10(5-1)9-11-7-3-4-8-11;1-3-2;2*1-2/h10-11H,1-9H2;3H2,1-2H3;2*1-2H3. The van der Waals surface area contributed by atoms with Gasteiger partial charge in [-0.2, -0.15) is 0 Å². The number of hydrogen-bond acceptors (Lipinski definition) is 0. The van der Waals surface area contributed by atoms with Gasteiger partial charge in [0, 0.05) is 0 Å². The molecule has 2 aliphatic carbocycles. The van der Waals surface area contributed by atoms with E-state index in [4.69, 9.17) is 0 Å². The monoisotopic (exact) mass is 256 g/mol. The predicted octanol–water partition coefficient (Wildman–Crippen LogP) is 7.23. The van der Waals surface area contributed by atoms with Gasteiger partial charge in [-0.05, 0) is 18.3 Å². The summed E-state index contributed by atoms with van der Waals surface area (Å²) < 4.78 is 0. The third-order valence-electron chi connectivity index (χ3n) is 3.62. The van der Waals surface area contributed by atoms with Gasteiger partial charge in [-0.25, -0.2) is 0 Å². The normalized spacial score (nSPS) is 19.0. The first-order chi connectivity index (χ1) is 8.86. The molecule has 0 spiro atoms. The third-order valence-corrected chi connectivity index (χ3v) is 3.62. The minimum Gasteiger partial charge on any atom is -0.0683 e. The summed E-state index contributed by atoms with van der Waals surface area (Å²) >= 11 is 0. The van der Waals surface area contributed by atoms with E-state index in [0.29, 0.717) is 0 Å². The minimum absolute atomic E-state index is 1.14. The Labute approximate surface area is 118 Å². The highest BCUT2D eigenvalue weighted by atomic mass is 14.3. The molecule has 18 heavy (non-hydrogen) atoms. The Morgan fingerprint density at radius 3 is 1.06 bits per heavy atom. The second kappa shape index (κ2) is 17.0. The second-order valence-electron chi connectivity index (χ2n) is 5.24. The van der Waals surface area contributed by atoms with Crippen LogP contribution in [0.3, 0.4) is 0 Å². The van der Waals surface area contributed by atoms with Gasteiger partial charge in [0.1, 0.15) is 0 Å².